The van der Waals surface area contributed by atoms with Crippen molar-refractivity contribution in [3.05, 3.63) is 30.1 Å². The van der Waals surface area contributed by atoms with Crippen molar-refractivity contribution in [2.45, 2.75) is 19.4 Å². The third-order valence-electron chi connectivity index (χ3n) is 2.25. The van der Waals surface area contributed by atoms with Crippen molar-refractivity contribution in [3.63, 3.8) is 0 Å². The van der Waals surface area contributed by atoms with Crippen LogP contribution in [0, 0.1) is 5.92 Å². The molecule has 0 amide bonds. The largest absolute Gasteiger partial charge is 0.373 e. The van der Waals surface area contributed by atoms with Crippen LogP contribution in [-0.2, 0) is 4.74 Å². The van der Waals surface area contributed by atoms with E-state index >= 15 is 0 Å². The number of rotatable bonds is 1. The average Bonchev–Trinajstić information content (AvgIpc) is 2.54. The van der Waals surface area contributed by atoms with Crippen LogP contribution in [0.15, 0.2) is 24.5 Å². The maximum Gasteiger partial charge on any atom is 0.0843 e. The van der Waals surface area contributed by atoms with Gasteiger partial charge in [-0.15, -0.1) is 0 Å². The second-order valence-corrected chi connectivity index (χ2v) is 3.45. The molecule has 0 N–H and O–H groups in total. The van der Waals surface area contributed by atoms with E-state index in [0.29, 0.717) is 5.92 Å². The first kappa shape index (κ1) is 7.74. The van der Waals surface area contributed by atoms with E-state index in [1.165, 1.54) is 5.56 Å². The van der Waals surface area contributed by atoms with Gasteiger partial charge in [-0.2, -0.15) is 0 Å². The number of hydrogen-bond acceptors (Lipinski definition) is 2. The zero-order valence-corrected chi connectivity index (χ0v) is 7.23. The van der Waals surface area contributed by atoms with Gasteiger partial charge >= 0.3 is 0 Å². The lowest BCUT2D eigenvalue weighted by Gasteiger charge is -2.07. The second kappa shape index (κ2) is 3.23. The van der Waals surface area contributed by atoms with Crippen molar-refractivity contribution in [2.24, 2.45) is 5.92 Å². The zero-order chi connectivity index (χ0) is 8.39. The van der Waals surface area contributed by atoms with Crippen LogP contribution >= 0.6 is 0 Å². The smallest absolute Gasteiger partial charge is 0.0843 e. The molecule has 1 aromatic rings. The summed E-state index contributed by atoms with van der Waals surface area (Å²) in [6, 6.07) is 4.04. The van der Waals surface area contributed by atoms with Crippen LogP contribution in [0.2, 0.25) is 0 Å². The summed E-state index contributed by atoms with van der Waals surface area (Å²) in [5.74, 6) is 0.690. The van der Waals surface area contributed by atoms with Crippen LogP contribution in [0.5, 0.6) is 0 Å². The highest BCUT2D eigenvalue weighted by atomic mass is 16.5. The minimum Gasteiger partial charge on any atom is -0.373 e. The molecule has 2 heterocycles. The molecule has 0 aliphatic carbocycles. The summed E-state index contributed by atoms with van der Waals surface area (Å²) in [7, 11) is 0. The molecule has 1 aromatic heterocycles. The van der Waals surface area contributed by atoms with Crippen LogP contribution in [0.25, 0.3) is 0 Å². The van der Waals surface area contributed by atoms with Gasteiger partial charge < -0.3 is 4.74 Å². The maximum atomic E-state index is 5.61. The molecule has 0 aromatic carbocycles. The molecule has 12 heavy (non-hydrogen) atoms. The first-order valence-electron chi connectivity index (χ1n) is 4.38. The summed E-state index contributed by atoms with van der Waals surface area (Å²) >= 11 is 0. The fourth-order valence-corrected chi connectivity index (χ4v) is 1.58. The van der Waals surface area contributed by atoms with Gasteiger partial charge in [0.15, 0.2) is 0 Å². The average molecular weight is 163 g/mol. The number of ether oxygens (including phenoxy) is 1. The Balaban J connectivity index is 2.11. The highest BCUT2D eigenvalue weighted by Gasteiger charge is 2.23. The predicted octanol–water partition coefficient (Wildman–Crippen LogP) is 2.18. The summed E-state index contributed by atoms with van der Waals surface area (Å²) in [5.41, 5.74) is 1.21. The molecule has 2 rings (SSSR count). The summed E-state index contributed by atoms with van der Waals surface area (Å²) in [6.07, 6.45) is 5.10. The third kappa shape index (κ3) is 1.48. The Labute approximate surface area is 72.6 Å². The zero-order valence-electron chi connectivity index (χ0n) is 7.23. The Bertz CT molecular complexity index is 247. The molecule has 64 valence electrons. The van der Waals surface area contributed by atoms with E-state index in [0.717, 1.165) is 13.0 Å². The fraction of sp³-hybridized carbons (Fsp3) is 0.500. The molecule has 0 saturated carbocycles. The minimum atomic E-state index is 0.286. The van der Waals surface area contributed by atoms with Crippen LogP contribution in [0.1, 0.15) is 25.0 Å². The molecule has 0 bridgehead atoms. The quantitative estimate of drug-likeness (QED) is 0.633. The van der Waals surface area contributed by atoms with Crippen LogP contribution < -0.4 is 0 Å². The molecule has 1 aliphatic rings. The molecule has 1 saturated heterocycles. The number of hydrogen-bond donors (Lipinski definition) is 0. The van der Waals surface area contributed by atoms with E-state index in [1.807, 2.05) is 12.3 Å². The molecule has 1 aliphatic heterocycles. The summed E-state index contributed by atoms with van der Waals surface area (Å²) in [4.78, 5) is 4.07. The van der Waals surface area contributed by atoms with Crippen molar-refractivity contribution in [1.82, 2.24) is 4.98 Å². The molecule has 2 heteroatoms. The normalized spacial score (nSPS) is 29.1. The molecule has 1 fully saturated rings. The van der Waals surface area contributed by atoms with Crippen LogP contribution in [0.3, 0.4) is 0 Å². The molecular formula is C10H13NO. The Kier molecular flexibility index (Phi) is 2.09. The lowest BCUT2D eigenvalue weighted by Crippen LogP contribution is -1.95. The van der Waals surface area contributed by atoms with Gasteiger partial charge in [0.25, 0.3) is 0 Å². The Morgan fingerprint density at radius 3 is 3.08 bits per heavy atom. The Morgan fingerprint density at radius 2 is 2.50 bits per heavy atom. The first-order chi connectivity index (χ1) is 5.86. The van der Waals surface area contributed by atoms with E-state index in [1.54, 1.807) is 6.20 Å². The van der Waals surface area contributed by atoms with Crippen molar-refractivity contribution >= 4 is 0 Å². The first-order valence-corrected chi connectivity index (χ1v) is 4.38. The van der Waals surface area contributed by atoms with E-state index < -0.39 is 0 Å². The molecule has 2 unspecified atom stereocenters. The van der Waals surface area contributed by atoms with Gasteiger partial charge in [0.2, 0.25) is 0 Å². The van der Waals surface area contributed by atoms with Gasteiger partial charge in [-0.3, -0.25) is 4.98 Å². The standard InChI is InChI=1S/C10H13NO/c1-8-5-10(12-7-8)9-3-2-4-11-6-9/h2-4,6,8,10H,5,7H2,1H3. The molecule has 0 radical (unpaired) electrons. The van der Waals surface area contributed by atoms with Gasteiger partial charge in [-0.05, 0) is 24.0 Å². The minimum absolute atomic E-state index is 0.286. The summed E-state index contributed by atoms with van der Waals surface area (Å²) in [6.45, 7) is 3.11. The highest BCUT2D eigenvalue weighted by molar-refractivity contribution is 5.13. The van der Waals surface area contributed by atoms with Gasteiger partial charge in [-0.25, -0.2) is 0 Å². The Morgan fingerprint density at radius 1 is 1.58 bits per heavy atom. The van der Waals surface area contributed by atoms with Crippen molar-refractivity contribution < 1.29 is 4.74 Å². The predicted molar refractivity (Wildman–Crippen MR) is 46.7 cm³/mol. The van der Waals surface area contributed by atoms with Crippen molar-refractivity contribution in [2.75, 3.05) is 6.61 Å². The van der Waals surface area contributed by atoms with Crippen molar-refractivity contribution in [1.29, 1.82) is 0 Å². The van der Waals surface area contributed by atoms with Gasteiger partial charge in [0.05, 0.1) is 12.7 Å². The molecule has 2 nitrogen and oxygen atoms in total. The van der Waals surface area contributed by atoms with E-state index in [-0.39, 0.29) is 6.10 Å². The van der Waals surface area contributed by atoms with Gasteiger partial charge in [0.1, 0.15) is 0 Å². The highest BCUT2D eigenvalue weighted by Crippen LogP contribution is 2.31. The lowest BCUT2D eigenvalue weighted by atomic mass is 10.0. The monoisotopic (exact) mass is 163 g/mol. The van der Waals surface area contributed by atoms with E-state index in [9.17, 15) is 0 Å². The SMILES string of the molecule is CC1COC(c2cccnc2)C1. The summed E-state index contributed by atoms with van der Waals surface area (Å²) in [5, 5.41) is 0. The van der Waals surface area contributed by atoms with E-state index in [4.69, 9.17) is 4.74 Å². The topological polar surface area (TPSA) is 22.1 Å². The number of nitrogens with zero attached hydrogens (tertiary/aromatic N) is 1. The maximum absolute atomic E-state index is 5.61. The fourth-order valence-electron chi connectivity index (χ4n) is 1.58. The third-order valence-corrected chi connectivity index (χ3v) is 2.25. The van der Waals surface area contributed by atoms with Crippen LogP contribution in [-0.4, -0.2) is 11.6 Å². The van der Waals surface area contributed by atoms with E-state index in [2.05, 4.69) is 18.0 Å². The number of aromatic nitrogens is 1. The van der Waals surface area contributed by atoms with Gasteiger partial charge in [-0.1, -0.05) is 13.0 Å². The Hall–Kier alpha value is -0.890. The second-order valence-electron chi connectivity index (χ2n) is 3.45. The van der Waals surface area contributed by atoms with Gasteiger partial charge in [0, 0.05) is 12.4 Å². The molecular weight excluding hydrogens is 150 g/mol. The van der Waals surface area contributed by atoms with Crippen LogP contribution in [0.4, 0.5) is 0 Å². The molecule has 0 spiro atoms. The summed E-state index contributed by atoms with van der Waals surface area (Å²) < 4.78 is 5.61. The lowest BCUT2D eigenvalue weighted by molar-refractivity contribution is 0.108. The molecule has 2 atom stereocenters. The van der Waals surface area contributed by atoms with Crippen molar-refractivity contribution in [3.8, 4) is 0 Å². The number of pyridine rings is 1.